The van der Waals surface area contributed by atoms with Crippen LogP contribution in [0.3, 0.4) is 0 Å². The summed E-state index contributed by atoms with van der Waals surface area (Å²) in [5.41, 5.74) is 9.70. The van der Waals surface area contributed by atoms with Crippen molar-refractivity contribution in [2.45, 2.75) is 45.6 Å². The smallest absolute Gasteiger partial charge is 0.113 e. The lowest BCUT2D eigenvalue weighted by molar-refractivity contribution is 0.411. The van der Waals surface area contributed by atoms with Gasteiger partial charge in [-0.15, -0.1) is 11.3 Å². The Kier molecular flexibility index (Phi) is 4.38. The summed E-state index contributed by atoms with van der Waals surface area (Å²) in [6.45, 7) is 6.42. The van der Waals surface area contributed by atoms with Crippen LogP contribution < -0.4 is 5.73 Å². The summed E-state index contributed by atoms with van der Waals surface area (Å²) in [6, 6.07) is 8.63. The second kappa shape index (κ2) is 5.85. The highest BCUT2D eigenvalue weighted by Crippen LogP contribution is 2.31. The Bertz CT molecular complexity index is 524. The zero-order chi connectivity index (χ0) is 13.9. The van der Waals surface area contributed by atoms with E-state index in [0.717, 1.165) is 30.0 Å². The van der Waals surface area contributed by atoms with Crippen LogP contribution in [0.5, 0.6) is 0 Å². The van der Waals surface area contributed by atoms with Crippen LogP contribution in [0.25, 0.3) is 11.3 Å². The van der Waals surface area contributed by atoms with Crippen LogP contribution in [-0.4, -0.2) is 4.98 Å². The van der Waals surface area contributed by atoms with Crippen LogP contribution in [-0.2, 0) is 12.0 Å². The summed E-state index contributed by atoms with van der Waals surface area (Å²) in [5.74, 6) is 0. The molecule has 19 heavy (non-hydrogen) atoms. The fraction of sp³-hybridized carbons (Fsp3) is 0.438. The minimum atomic E-state index is -0.272. The predicted molar refractivity (Wildman–Crippen MR) is 83.4 cm³/mol. The van der Waals surface area contributed by atoms with Crippen LogP contribution in [0.1, 0.15) is 44.2 Å². The van der Waals surface area contributed by atoms with Crippen molar-refractivity contribution < 1.29 is 0 Å². The van der Waals surface area contributed by atoms with E-state index < -0.39 is 0 Å². The molecule has 0 atom stereocenters. The molecule has 2 nitrogen and oxygen atoms in total. The number of benzene rings is 1. The molecule has 2 rings (SSSR count). The van der Waals surface area contributed by atoms with Crippen molar-refractivity contribution in [2.24, 2.45) is 5.73 Å². The van der Waals surface area contributed by atoms with E-state index in [9.17, 15) is 0 Å². The second-order valence-corrected chi connectivity index (χ2v) is 5.81. The maximum absolute atomic E-state index is 6.40. The number of aromatic nitrogens is 1. The number of aryl methyl sites for hydroxylation is 1. The highest BCUT2D eigenvalue weighted by atomic mass is 32.1. The molecule has 0 aliphatic carbocycles. The van der Waals surface area contributed by atoms with Gasteiger partial charge >= 0.3 is 0 Å². The SMILES string of the molecule is CCc1ccc(-c2csc(C(N)(CC)CC)n2)cc1. The first-order chi connectivity index (χ1) is 9.12. The van der Waals surface area contributed by atoms with Gasteiger partial charge in [-0.3, -0.25) is 0 Å². The van der Waals surface area contributed by atoms with Gasteiger partial charge in [0.25, 0.3) is 0 Å². The van der Waals surface area contributed by atoms with E-state index in [2.05, 4.69) is 50.4 Å². The topological polar surface area (TPSA) is 38.9 Å². The lowest BCUT2D eigenvalue weighted by atomic mass is 9.95. The Labute approximate surface area is 119 Å². The second-order valence-electron chi connectivity index (χ2n) is 4.95. The molecular weight excluding hydrogens is 252 g/mol. The Morgan fingerprint density at radius 2 is 1.74 bits per heavy atom. The molecule has 2 aromatic rings. The molecule has 0 aliphatic rings. The fourth-order valence-corrected chi connectivity index (χ4v) is 3.19. The Balaban J connectivity index is 2.29. The molecule has 1 aromatic carbocycles. The summed E-state index contributed by atoms with van der Waals surface area (Å²) < 4.78 is 0. The first-order valence-electron chi connectivity index (χ1n) is 6.97. The number of rotatable bonds is 5. The van der Waals surface area contributed by atoms with Gasteiger partial charge < -0.3 is 5.73 Å². The minimum Gasteiger partial charge on any atom is -0.319 e. The standard InChI is InChI=1S/C16H22N2S/c1-4-12-7-9-13(10-8-12)14-11-19-15(18-14)16(17,5-2)6-3/h7-11H,4-6,17H2,1-3H3. The third-order valence-electron chi connectivity index (χ3n) is 3.85. The first-order valence-corrected chi connectivity index (χ1v) is 7.85. The average molecular weight is 274 g/mol. The number of nitrogens with two attached hydrogens (primary N) is 1. The van der Waals surface area contributed by atoms with Gasteiger partial charge in [0.1, 0.15) is 5.01 Å². The Morgan fingerprint density at radius 3 is 2.26 bits per heavy atom. The lowest BCUT2D eigenvalue weighted by Crippen LogP contribution is -2.34. The summed E-state index contributed by atoms with van der Waals surface area (Å²) in [4.78, 5) is 4.74. The van der Waals surface area contributed by atoms with Gasteiger partial charge in [0.15, 0.2) is 0 Å². The fourth-order valence-electron chi connectivity index (χ4n) is 2.10. The van der Waals surface area contributed by atoms with E-state index in [4.69, 9.17) is 10.7 Å². The third kappa shape index (κ3) is 2.88. The number of nitrogens with zero attached hydrogens (tertiary/aromatic N) is 1. The van der Waals surface area contributed by atoms with E-state index >= 15 is 0 Å². The van der Waals surface area contributed by atoms with Crippen LogP contribution >= 0.6 is 11.3 Å². The monoisotopic (exact) mass is 274 g/mol. The average Bonchev–Trinajstić information content (AvgIpc) is 2.97. The molecule has 2 N–H and O–H groups in total. The molecule has 0 unspecified atom stereocenters. The molecule has 0 fully saturated rings. The Morgan fingerprint density at radius 1 is 1.11 bits per heavy atom. The highest BCUT2D eigenvalue weighted by Gasteiger charge is 2.26. The van der Waals surface area contributed by atoms with Crippen LogP contribution in [0.15, 0.2) is 29.6 Å². The zero-order valence-corrected chi connectivity index (χ0v) is 12.8. The molecule has 1 aromatic heterocycles. The van der Waals surface area contributed by atoms with E-state index in [-0.39, 0.29) is 5.54 Å². The molecule has 102 valence electrons. The number of hydrogen-bond acceptors (Lipinski definition) is 3. The van der Waals surface area contributed by atoms with Crippen molar-refractivity contribution in [2.75, 3.05) is 0 Å². The molecule has 0 amide bonds. The van der Waals surface area contributed by atoms with E-state index in [1.165, 1.54) is 11.1 Å². The number of hydrogen-bond donors (Lipinski definition) is 1. The van der Waals surface area contributed by atoms with Crippen LogP contribution in [0.2, 0.25) is 0 Å². The van der Waals surface area contributed by atoms with Crippen molar-refractivity contribution in [3.63, 3.8) is 0 Å². The van der Waals surface area contributed by atoms with E-state index in [0.29, 0.717) is 0 Å². The van der Waals surface area contributed by atoms with Gasteiger partial charge in [-0.25, -0.2) is 4.98 Å². The molecule has 0 spiro atoms. The molecule has 0 bridgehead atoms. The van der Waals surface area contributed by atoms with Crippen molar-refractivity contribution in [1.82, 2.24) is 4.98 Å². The maximum Gasteiger partial charge on any atom is 0.113 e. The van der Waals surface area contributed by atoms with Crippen molar-refractivity contribution in [1.29, 1.82) is 0 Å². The highest BCUT2D eigenvalue weighted by molar-refractivity contribution is 7.10. The van der Waals surface area contributed by atoms with Gasteiger partial charge in [-0.1, -0.05) is 45.0 Å². The van der Waals surface area contributed by atoms with Crippen LogP contribution in [0.4, 0.5) is 0 Å². The summed E-state index contributed by atoms with van der Waals surface area (Å²) in [7, 11) is 0. The lowest BCUT2D eigenvalue weighted by Gasteiger charge is -2.23. The zero-order valence-electron chi connectivity index (χ0n) is 11.9. The molecule has 0 radical (unpaired) electrons. The molecule has 1 heterocycles. The summed E-state index contributed by atoms with van der Waals surface area (Å²) >= 11 is 1.67. The summed E-state index contributed by atoms with van der Waals surface area (Å²) in [5, 5.41) is 3.16. The Hall–Kier alpha value is -1.19. The van der Waals surface area contributed by atoms with Crippen molar-refractivity contribution in [3.05, 3.63) is 40.2 Å². The van der Waals surface area contributed by atoms with E-state index in [1.807, 2.05) is 0 Å². The minimum absolute atomic E-state index is 0.272. The quantitative estimate of drug-likeness (QED) is 0.880. The normalized spacial score (nSPS) is 11.8. The third-order valence-corrected chi connectivity index (χ3v) is 4.91. The van der Waals surface area contributed by atoms with Gasteiger partial charge in [-0.05, 0) is 24.8 Å². The summed E-state index contributed by atoms with van der Waals surface area (Å²) in [6.07, 6.45) is 2.91. The molecular formula is C16H22N2S. The first kappa shape index (κ1) is 14.2. The van der Waals surface area contributed by atoms with Gasteiger partial charge in [0.2, 0.25) is 0 Å². The molecule has 0 saturated carbocycles. The number of thiazole rings is 1. The molecule has 0 saturated heterocycles. The van der Waals surface area contributed by atoms with Gasteiger partial charge in [0, 0.05) is 10.9 Å². The van der Waals surface area contributed by atoms with Crippen molar-refractivity contribution in [3.8, 4) is 11.3 Å². The van der Waals surface area contributed by atoms with E-state index in [1.54, 1.807) is 11.3 Å². The van der Waals surface area contributed by atoms with Gasteiger partial charge in [-0.2, -0.15) is 0 Å². The maximum atomic E-state index is 6.40. The molecule has 0 aliphatic heterocycles. The van der Waals surface area contributed by atoms with Crippen LogP contribution in [0, 0.1) is 0 Å². The predicted octanol–water partition coefficient (Wildman–Crippen LogP) is 4.35. The largest absolute Gasteiger partial charge is 0.319 e. The van der Waals surface area contributed by atoms with Crippen molar-refractivity contribution >= 4 is 11.3 Å². The molecule has 3 heteroatoms. The van der Waals surface area contributed by atoms with Gasteiger partial charge in [0.05, 0.1) is 11.2 Å².